The van der Waals surface area contributed by atoms with E-state index in [1.54, 1.807) is 0 Å². The number of hydrogen-bond acceptors (Lipinski definition) is 4. The Bertz CT molecular complexity index is 952. The van der Waals surface area contributed by atoms with Crippen LogP contribution in [-0.2, 0) is 16.1 Å². The Hall–Kier alpha value is -2.90. The summed E-state index contributed by atoms with van der Waals surface area (Å²) < 4.78 is 83.8. The van der Waals surface area contributed by atoms with Crippen molar-refractivity contribution < 1.29 is 45.4 Å². The van der Waals surface area contributed by atoms with Gasteiger partial charge in [0.15, 0.2) is 0 Å². The summed E-state index contributed by atoms with van der Waals surface area (Å²) >= 11 is 0. The molecule has 2 aromatic rings. The zero-order chi connectivity index (χ0) is 23.6. The van der Waals surface area contributed by atoms with Crippen LogP contribution in [0, 0.1) is 5.82 Å². The van der Waals surface area contributed by atoms with Gasteiger partial charge in [-0.2, -0.15) is 31.4 Å². The van der Waals surface area contributed by atoms with Crippen LogP contribution in [0.3, 0.4) is 0 Å². The molecule has 0 bridgehead atoms. The molecule has 0 aliphatic carbocycles. The Labute approximate surface area is 170 Å². The summed E-state index contributed by atoms with van der Waals surface area (Å²) in [6, 6.07) is 4.08. The van der Waals surface area contributed by atoms with Crippen molar-refractivity contribution in [1.29, 1.82) is 0 Å². The van der Waals surface area contributed by atoms with Crippen molar-refractivity contribution in [3.8, 4) is 0 Å². The molecule has 1 aromatic carbocycles. The Kier molecular flexibility index (Phi) is 7.14. The van der Waals surface area contributed by atoms with Crippen LogP contribution in [0.15, 0.2) is 18.2 Å². The minimum absolute atomic E-state index is 0.110. The molecule has 1 aromatic heterocycles. The normalized spacial score (nSPS) is 14.6. The van der Waals surface area contributed by atoms with E-state index >= 15 is 0 Å². The molecular weight excluding hydrogens is 441 g/mol. The van der Waals surface area contributed by atoms with Crippen molar-refractivity contribution in [1.82, 2.24) is 20.0 Å². The van der Waals surface area contributed by atoms with Gasteiger partial charge in [-0.3, -0.25) is 9.48 Å². The zero-order valence-electron chi connectivity index (χ0n) is 15.9. The Morgan fingerprint density at radius 2 is 1.81 bits per heavy atom. The number of carbonyl (C=O) groups excluding carboxylic acids is 1. The van der Waals surface area contributed by atoms with Gasteiger partial charge in [-0.05, 0) is 18.2 Å². The third-order valence-electron chi connectivity index (χ3n) is 4.28. The van der Waals surface area contributed by atoms with E-state index in [2.05, 4.69) is 10.4 Å². The highest BCUT2D eigenvalue weighted by Crippen LogP contribution is 2.28. The maximum Gasteiger partial charge on any atom is 0.490 e. The molecule has 0 radical (unpaired) electrons. The average molecular weight is 458 g/mol. The molecular formula is C17H17F7N4O3. The van der Waals surface area contributed by atoms with E-state index in [-0.39, 0.29) is 12.5 Å². The van der Waals surface area contributed by atoms with Crippen molar-refractivity contribution in [2.75, 3.05) is 26.7 Å². The number of benzene rings is 1. The highest BCUT2D eigenvalue weighted by Gasteiger charge is 2.38. The number of aliphatic carboxylic acids is 1. The molecule has 2 N–H and O–H groups in total. The first kappa shape index (κ1) is 24.4. The molecule has 0 saturated carbocycles. The fraction of sp³-hybridized carbons (Fsp3) is 0.471. The standard InChI is InChI=1S/C15H16F4N4O.C2HF3O2/c1-22(8-15(17,18)19)13(24)7-23-12-3-2-10(16)4-11(12)14(21-23)9-5-20-6-9;3-2(4,5)1(6)7/h2-4,9,20H,5-8H2,1H3;(H,6,7). The third-order valence-corrected chi connectivity index (χ3v) is 4.28. The lowest BCUT2D eigenvalue weighted by atomic mass is 9.96. The van der Waals surface area contributed by atoms with Gasteiger partial charge >= 0.3 is 18.3 Å². The highest BCUT2D eigenvalue weighted by atomic mass is 19.4. The van der Waals surface area contributed by atoms with E-state index in [1.807, 2.05) is 0 Å². The molecule has 14 heteroatoms. The number of nitrogens with one attached hydrogen (secondary N) is 1. The lowest BCUT2D eigenvalue weighted by Gasteiger charge is -2.25. The molecule has 1 saturated heterocycles. The van der Waals surface area contributed by atoms with Crippen molar-refractivity contribution in [2.24, 2.45) is 0 Å². The zero-order valence-corrected chi connectivity index (χ0v) is 15.9. The predicted molar refractivity (Wildman–Crippen MR) is 92.7 cm³/mol. The molecule has 7 nitrogen and oxygen atoms in total. The Balaban J connectivity index is 0.000000423. The second-order valence-corrected chi connectivity index (χ2v) is 6.73. The number of amides is 1. The number of rotatable bonds is 4. The first-order valence-electron chi connectivity index (χ1n) is 8.66. The van der Waals surface area contributed by atoms with Crippen molar-refractivity contribution in [3.05, 3.63) is 29.7 Å². The largest absolute Gasteiger partial charge is 0.490 e. The molecule has 31 heavy (non-hydrogen) atoms. The summed E-state index contributed by atoms with van der Waals surface area (Å²) in [6.45, 7) is -0.247. The fourth-order valence-corrected chi connectivity index (χ4v) is 2.69. The number of carboxylic acids is 1. The Morgan fingerprint density at radius 1 is 1.23 bits per heavy atom. The van der Waals surface area contributed by atoms with E-state index in [4.69, 9.17) is 9.90 Å². The SMILES string of the molecule is CN(CC(F)(F)F)C(=O)Cn1nc(C2CNC2)c2cc(F)ccc21.O=C(O)C(F)(F)F. The van der Waals surface area contributed by atoms with Crippen LogP contribution in [-0.4, -0.2) is 70.7 Å². The molecule has 1 aliphatic heterocycles. The average Bonchev–Trinajstić information content (AvgIpc) is 2.89. The summed E-state index contributed by atoms with van der Waals surface area (Å²) in [5.41, 5.74) is 1.20. The maximum atomic E-state index is 13.5. The third kappa shape index (κ3) is 6.54. The van der Waals surface area contributed by atoms with Gasteiger partial charge in [0.25, 0.3) is 0 Å². The molecule has 2 heterocycles. The number of fused-ring (bicyclic) bond motifs is 1. The van der Waals surface area contributed by atoms with E-state index in [9.17, 15) is 35.5 Å². The lowest BCUT2D eigenvalue weighted by molar-refractivity contribution is -0.192. The van der Waals surface area contributed by atoms with Crippen LogP contribution in [0.4, 0.5) is 30.7 Å². The molecule has 1 aliphatic rings. The second-order valence-electron chi connectivity index (χ2n) is 6.73. The van der Waals surface area contributed by atoms with Gasteiger partial charge in [0, 0.05) is 31.4 Å². The first-order chi connectivity index (χ1) is 14.2. The van der Waals surface area contributed by atoms with Gasteiger partial charge in [0.05, 0.1) is 11.2 Å². The number of aromatic nitrogens is 2. The number of halogens is 7. The van der Waals surface area contributed by atoms with E-state index in [1.165, 1.54) is 22.9 Å². The first-order valence-corrected chi connectivity index (χ1v) is 8.66. The van der Waals surface area contributed by atoms with Crippen LogP contribution >= 0.6 is 0 Å². The molecule has 1 fully saturated rings. The summed E-state index contributed by atoms with van der Waals surface area (Å²) in [7, 11) is 1.10. The second kappa shape index (κ2) is 9.08. The van der Waals surface area contributed by atoms with Crippen molar-refractivity contribution in [3.63, 3.8) is 0 Å². The quantitative estimate of drug-likeness (QED) is 0.688. The molecule has 3 rings (SSSR count). The van der Waals surface area contributed by atoms with Gasteiger partial charge in [-0.1, -0.05) is 0 Å². The number of carbonyl (C=O) groups is 2. The molecule has 0 unspecified atom stereocenters. The summed E-state index contributed by atoms with van der Waals surface area (Å²) in [5, 5.41) is 15.2. The molecule has 0 atom stereocenters. The number of alkyl halides is 6. The van der Waals surface area contributed by atoms with E-state index in [0.717, 1.165) is 7.05 Å². The van der Waals surface area contributed by atoms with Gasteiger partial charge in [-0.25, -0.2) is 9.18 Å². The topological polar surface area (TPSA) is 87.5 Å². The molecule has 172 valence electrons. The molecule has 1 amide bonds. The monoisotopic (exact) mass is 458 g/mol. The Morgan fingerprint density at radius 3 is 2.26 bits per heavy atom. The highest BCUT2D eigenvalue weighted by molar-refractivity contribution is 5.85. The van der Waals surface area contributed by atoms with Gasteiger partial charge in [-0.15, -0.1) is 0 Å². The van der Waals surface area contributed by atoms with Gasteiger partial charge in [0.2, 0.25) is 5.91 Å². The minimum atomic E-state index is -5.08. The van der Waals surface area contributed by atoms with Crippen LogP contribution in [0.5, 0.6) is 0 Å². The maximum absolute atomic E-state index is 13.5. The van der Waals surface area contributed by atoms with Gasteiger partial charge < -0.3 is 15.3 Å². The summed E-state index contributed by atoms with van der Waals surface area (Å²) in [6.07, 6.45) is -9.54. The van der Waals surface area contributed by atoms with E-state index in [0.29, 0.717) is 34.6 Å². The van der Waals surface area contributed by atoms with Crippen LogP contribution in [0.2, 0.25) is 0 Å². The van der Waals surface area contributed by atoms with E-state index < -0.39 is 36.6 Å². The number of likely N-dealkylation sites (N-methyl/N-ethyl adjacent to an activating group) is 1. The van der Waals surface area contributed by atoms with Crippen molar-refractivity contribution in [2.45, 2.75) is 24.8 Å². The van der Waals surface area contributed by atoms with Crippen LogP contribution in [0.25, 0.3) is 10.9 Å². The fourth-order valence-electron chi connectivity index (χ4n) is 2.69. The summed E-state index contributed by atoms with van der Waals surface area (Å²) in [4.78, 5) is 21.6. The van der Waals surface area contributed by atoms with Crippen LogP contribution in [0.1, 0.15) is 11.6 Å². The van der Waals surface area contributed by atoms with Gasteiger partial charge in [0.1, 0.15) is 18.9 Å². The minimum Gasteiger partial charge on any atom is -0.475 e. The van der Waals surface area contributed by atoms with Crippen LogP contribution < -0.4 is 5.32 Å². The lowest BCUT2D eigenvalue weighted by Crippen LogP contribution is -2.40. The smallest absolute Gasteiger partial charge is 0.475 e. The predicted octanol–water partition coefficient (Wildman–Crippen LogP) is 2.52. The summed E-state index contributed by atoms with van der Waals surface area (Å²) in [5.74, 6) is -3.78. The molecule has 0 spiro atoms. The number of nitrogens with zero attached hydrogens (tertiary/aromatic N) is 3. The van der Waals surface area contributed by atoms with Crippen molar-refractivity contribution >= 4 is 22.8 Å². The number of carboxylic acid groups (broad SMARTS) is 1. The number of hydrogen-bond donors (Lipinski definition) is 2.